The highest BCUT2D eigenvalue weighted by atomic mass is 17.2. The van der Waals surface area contributed by atoms with Crippen molar-refractivity contribution in [1.82, 2.24) is 4.98 Å². The average molecular weight is 265 g/mol. The SMILES string of the molecule is CC(O)OOC(=O)C(C)C(=C=O)Cc1ccccn1. The lowest BCUT2D eigenvalue weighted by atomic mass is 9.98. The van der Waals surface area contributed by atoms with Crippen LogP contribution in [0.5, 0.6) is 0 Å². The third-order valence-corrected chi connectivity index (χ3v) is 2.37. The molecule has 1 rings (SSSR count). The summed E-state index contributed by atoms with van der Waals surface area (Å²) < 4.78 is 0. The molecule has 0 saturated heterocycles. The fraction of sp³-hybridized carbons (Fsp3) is 0.385. The van der Waals surface area contributed by atoms with E-state index < -0.39 is 18.2 Å². The van der Waals surface area contributed by atoms with Crippen molar-refractivity contribution in [2.45, 2.75) is 26.6 Å². The van der Waals surface area contributed by atoms with Crippen LogP contribution in [0, 0.1) is 5.92 Å². The highest BCUT2D eigenvalue weighted by Gasteiger charge is 2.22. The van der Waals surface area contributed by atoms with Crippen molar-refractivity contribution in [3.8, 4) is 0 Å². The second kappa shape index (κ2) is 7.43. The number of aliphatic hydroxyl groups is 1. The molecule has 0 saturated carbocycles. The van der Waals surface area contributed by atoms with Gasteiger partial charge in [-0.1, -0.05) is 6.07 Å². The van der Waals surface area contributed by atoms with Gasteiger partial charge in [-0.15, -0.1) is 0 Å². The van der Waals surface area contributed by atoms with Crippen molar-refractivity contribution in [1.29, 1.82) is 0 Å². The van der Waals surface area contributed by atoms with E-state index in [1.54, 1.807) is 30.3 Å². The van der Waals surface area contributed by atoms with Crippen LogP contribution in [0.1, 0.15) is 19.5 Å². The molecule has 0 aliphatic carbocycles. The Bertz CT molecular complexity index is 465. The molecule has 6 nitrogen and oxygen atoms in total. The topological polar surface area (TPSA) is 85.7 Å². The Balaban J connectivity index is 2.65. The Morgan fingerprint density at radius 1 is 1.47 bits per heavy atom. The van der Waals surface area contributed by atoms with Crippen LogP contribution in [-0.2, 0) is 25.8 Å². The highest BCUT2D eigenvalue weighted by Crippen LogP contribution is 2.14. The molecular formula is C13H15NO5. The molecule has 0 bridgehead atoms. The maximum Gasteiger partial charge on any atom is 0.350 e. The number of hydrogen-bond donors (Lipinski definition) is 1. The van der Waals surface area contributed by atoms with Crippen LogP contribution in [0.3, 0.4) is 0 Å². The summed E-state index contributed by atoms with van der Waals surface area (Å²) in [6.07, 6.45) is 0.572. The number of carbonyl (C=O) groups excluding carboxylic acids is 2. The molecule has 0 aliphatic heterocycles. The first kappa shape index (κ1) is 15.0. The van der Waals surface area contributed by atoms with E-state index in [1.807, 2.05) is 0 Å². The molecule has 2 unspecified atom stereocenters. The van der Waals surface area contributed by atoms with Gasteiger partial charge in [0.15, 0.2) is 6.29 Å². The van der Waals surface area contributed by atoms with Crippen LogP contribution >= 0.6 is 0 Å². The van der Waals surface area contributed by atoms with Crippen LogP contribution in [0.25, 0.3) is 0 Å². The van der Waals surface area contributed by atoms with Crippen molar-refractivity contribution in [3.63, 3.8) is 0 Å². The Labute approximate surface area is 110 Å². The Kier molecular flexibility index (Phi) is 5.89. The average Bonchev–Trinajstić information content (AvgIpc) is 2.42. The zero-order valence-electron chi connectivity index (χ0n) is 10.7. The van der Waals surface area contributed by atoms with Gasteiger partial charge in [0.25, 0.3) is 0 Å². The minimum atomic E-state index is -1.23. The molecule has 0 spiro atoms. The van der Waals surface area contributed by atoms with Gasteiger partial charge in [0.05, 0.1) is 5.92 Å². The second-order valence-electron chi connectivity index (χ2n) is 3.94. The summed E-state index contributed by atoms with van der Waals surface area (Å²) in [6, 6.07) is 5.27. The van der Waals surface area contributed by atoms with E-state index >= 15 is 0 Å². The molecule has 102 valence electrons. The summed E-state index contributed by atoms with van der Waals surface area (Å²) >= 11 is 0. The molecule has 0 fully saturated rings. The quantitative estimate of drug-likeness (QED) is 0.355. The van der Waals surface area contributed by atoms with Crippen molar-refractivity contribution >= 4 is 11.9 Å². The van der Waals surface area contributed by atoms with Crippen molar-refractivity contribution in [2.75, 3.05) is 0 Å². The number of hydrogen-bond acceptors (Lipinski definition) is 6. The molecular weight excluding hydrogens is 250 g/mol. The molecule has 0 aliphatic rings. The first-order valence-corrected chi connectivity index (χ1v) is 5.73. The second-order valence-corrected chi connectivity index (χ2v) is 3.94. The number of aromatic nitrogens is 1. The van der Waals surface area contributed by atoms with Gasteiger partial charge in [-0.3, -0.25) is 9.87 Å². The summed E-state index contributed by atoms with van der Waals surface area (Å²) in [5, 5.41) is 8.82. The van der Waals surface area contributed by atoms with E-state index in [-0.39, 0.29) is 12.0 Å². The van der Waals surface area contributed by atoms with E-state index in [9.17, 15) is 9.59 Å². The molecule has 0 radical (unpaired) electrons. The molecule has 1 aromatic rings. The van der Waals surface area contributed by atoms with E-state index in [4.69, 9.17) is 5.11 Å². The number of rotatable bonds is 6. The minimum absolute atomic E-state index is 0.204. The lowest BCUT2D eigenvalue weighted by Crippen LogP contribution is -2.21. The summed E-state index contributed by atoms with van der Waals surface area (Å²) in [6.45, 7) is 2.79. The maximum atomic E-state index is 11.6. The normalized spacial score (nSPS) is 13.2. The van der Waals surface area contributed by atoms with Gasteiger partial charge in [0.1, 0.15) is 5.94 Å². The van der Waals surface area contributed by atoms with Gasteiger partial charge in [0.2, 0.25) is 0 Å². The number of aliphatic hydroxyl groups excluding tert-OH is 1. The summed E-state index contributed by atoms with van der Waals surface area (Å²) in [5.74, 6) is 0.137. The zero-order valence-corrected chi connectivity index (χ0v) is 10.7. The first-order chi connectivity index (χ1) is 9.04. The third kappa shape index (κ3) is 5.01. The van der Waals surface area contributed by atoms with E-state index in [2.05, 4.69) is 14.8 Å². The monoisotopic (exact) mass is 265 g/mol. The van der Waals surface area contributed by atoms with Crippen molar-refractivity contribution in [2.24, 2.45) is 5.92 Å². The van der Waals surface area contributed by atoms with Gasteiger partial charge < -0.3 is 5.11 Å². The predicted molar refractivity (Wildman–Crippen MR) is 65.2 cm³/mol. The van der Waals surface area contributed by atoms with Crippen LogP contribution in [0.15, 0.2) is 30.0 Å². The smallest absolute Gasteiger partial charge is 0.350 e. The zero-order chi connectivity index (χ0) is 14.3. The lowest BCUT2D eigenvalue weighted by Gasteiger charge is -2.11. The maximum absolute atomic E-state index is 11.6. The minimum Gasteiger partial charge on any atom is -0.365 e. The largest absolute Gasteiger partial charge is 0.365 e. The molecule has 1 heterocycles. The highest BCUT2D eigenvalue weighted by molar-refractivity contribution is 5.78. The molecule has 1 aromatic heterocycles. The molecule has 19 heavy (non-hydrogen) atoms. The Morgan fingerprint density at radius 2 is 2.21 bits per heavy atom. The molecule has 1 N–H and O–H groups in total. The summed E-state index contributed by atoms with van der Waals surface area (Å²) in [5.41, 5.74) is 0.856. The van der Waals surface area contributed by atoms with Gasteiger partial charge in [-0.05, 0) is 26.0 Å². The van der Waals surface area contributed by atoms with Crippen molar-refractivity contribution < 1.29 is 24.5 Å². The number of pyridine rings is 1. The molecule has 0 aromatic carbocycles. The van der Waals surface area contributed by atoms with Crippen LogP contribution in [-0.4, -0.2) is 28.3 Å². The van der Waals surface area contributed by atoms with Gasteiger partial charge >= 0.3 is 5.97 Å². The fourth-order valence-corrected chi connectivity index (χ4v) is 1.31. The van der Waals surface area contributed by atoms with Crippen LogP contribution in [0.4, 0.5) is 0 Å². The molecule has 0 amide bonds. The van der Waals surface area contributed by atoms with Crippen molar-refractivity contribution in [3.05, 3.63) is 35.7 Å². The van der Waals surface area contributed by atoms with Crippen LogP contribution < -0.4 is 0 Å². The fourth-order valence-electron chi connectivity index (χ4n) is 1.31. The third-order valence-electron chi connectivity index (χ3n) is 2.37. The Morgan fingerprint density at radius 3 is 2.74 bits per heavy atom. The molecule has 2 atom stereocenters. The number of carbonyl (C=O) groups is 1. The summed E-state index contributed by atoms with van der Waals surface area (Å²) in [7, 11) is 0. The standard InChI is InChI=1S/C13H15NO5/c1-9(13(17)19-18-10(2)16)11(8-15)7-12-5-3-4-6-14-12/h3-6,9-10,16H,7H2,1-2H3. The van der Waals surface area contributed by atoms with Gasteiger partial charge in [0, 0.05) is 23.9 Å². The first-order valence-electron chi connectivity index (χ1n) is 5.73. The van der Waals surface area contributed by atoms with Gasteiger partial charge in [-0.2, -0.15) is 4.89 Å². The van der Waals surface area contributed by atoms with E-state index in [1.165, 1.54) is 13.8 Å². The van der Waals surface area contributed by atoms with E-state index in [0.29, 0.717) is 5.69 Å². The van der Waals surface area contributed by atoms with E-state index in [0.717, 1.165) is 0 Å². The summed E-state index contributed by atoms with van der Waals surface area (Å²) in [4.78, 5) is 35.2. The van der Waals surface area contributed by atoms with Crippen LogP contribution in [0.2, 0.25) is 0 Å². The number of nitrogens with zero attached hydrogens (tertiary/aromatic N) is 1. The molecule has 6 heteroatoms. The Hall–Kier alpha value is -2.01. The predicted octanol–water partition coefficient (Wildman–Crippen LogP) is 0.831. The van der Waals surface area contributed by atoms with Gasteiger partial charge in [-0.25, -0.2) is 9.59 Å². The lowest BCUT2D eigenvalue weighted by molar-refractivity contribution is -0.338.